The zero-order valence-electron chi connectivity index (χ0n) is 13.7. The largest absolute Gasteiger partial charge is 0.459 e. The first-order valence-corrected chi connectivity index (χ1v) is 7.84. The Hall–Kier alpha value is -2.63. The molecule has 5 nitrogen and oxygen atoms in total. The number of carbonyl (C=O) groups is 2. The molecule has 2 aromatic rings. The zero-order valence-corrected chi connectivity index (χ0v) is 13.7. The van der Waals surface area contributed by atoms with Gasteiger partial charge in [-0.1, -0.05) is 26.0 Å². The fourth-order valence-corrected chi connectivity index (χ4v) is 2.34. The number of halogens is 1. The van der Waals surface area contributed by atoms with Gasteiger partial charge >= 0.3 is 0 Å². The van der Waals surface area contributed by atoms with E-state index >= 15 is 0 Å². The van der Waals surface area contributed by atoms with Gasteiger partial charge in [-0.3, -0.25) is 9.59 Å². The van der Waals surface area contributed by atoms with Gasteiger partial charge in [0, 0.05) is 13.0 Å². The van der Waals surface area contributed by atoms with E-state index in [0.717, 1.165) is 5.56 Å². The summed E-state index contributed by atoms with van der Waals surface area (Å²) >= 11 is 0. The molecule has 0 aliphatic rings. The minimum atomic E-state index is -0.355. The van der Waals surface area contributed by atoms with Crippen molar-refractivity contribution in [2.45, 2.75) is 26.3 Å². The van der Waals surface area contributed by atoms with Crippen LogP contribution < -0.4 is 10.6 Å². The van der Waals surface area contributed by atoms with E-state index in [1.54, 1.807) is 24.3 Å². The first-order chi connectivity index (χ1) is 11.5. The Kier molecular flexibility index (Phi) is 6.12. The highest BCUT2D eigenvalue weighted by atomic mass is 19.1. The van der Waals surface area contributed by atoms with Gasteiger partial charge in [0.2, 0.25) is 5.91 Å². The molecule has 1 unspecified atom stereocenters. The number of carbonyl (C=O) groups excluding carboxylic acids is 2. The number of furan rings is 1. The van der Waals surface area contributed by atoms with Gasteiger partial charge in [0.05, 0.1) is 12.3 Å². The maximum absolute atomic E-state index is 13.0. The molecular weight excluding hydrogens is 311 g/mol. The van der Waals surface area contributed by atoms with Gasteiger partial charge in [0.1, 0.15) is 5.82 Å². The van der Waals surface area contributed by atoms with Gasteiger partial charge in [-0.2, -0.15) is 0 Å². The summed E-state index contributed by atoms with van der Waals surface area (Å²) in [6.45, 7) is 4.17. The predicted octanol–water partition coefficient (Wildman–Crippen LogP) is 3.05. The van der Waals surface area contributed by atoms with Crippen LogP contribution in [0.2, 0.25) is 0 Å². The van der Waals surface area contributed by atoms with Crippen LogP contribution in [0.3, 0.4) is 0 Å². The Balaban J connectivity index is 1.84. The van der Waals surface area contributed by atoms with Crippen molar-refractivity contribution in [1.82, 2.24) is 10.6 Å². The number of hydrogen-bond acceptors (Lipinski definition) is 3. The van der Waals surface area contributed by atoms with E-state index in [0.29, 0.717) is 0 Å². The molecule has 1 aromatic carbocycles. The average molecular weight is 332 g/mol. The summed E-state index contributed by atoms with van der Waals surface area (Å²) in [6.07, 6.45) is 1.56. The van der Waals surface area contributed by atoms with Crippen molar-refractivity contribution >= 4 is 11.8 Å². The van der Waals surface area contributed by atoms with Crippen molar-refractivity contribution in [2.75, 3.05) is 6.54 Å². The number of hydrogen-bond donors (Lipinski definition) is 2. The fraction of sp³-hybridized carbons (Fsp3) is 0.333. The summed E-state index contributed by atoms with van der Waals surface area (Å²) in [4.78, 5) is 23.8. The van der Waals surface area contributed by atoms with Crippen LogP contribution in [0.1, 0.15) is 42.4 Å². The summed E-state index contributed by atoms with van der Waals surface area (Å²) < 4.78 is 18.0. The van der Waals surface area contributed by atoms with Gasteiger partial charge < -0.3 is 15.1 Å². The fourth-order valence-electron chi connectivity index (χ4n) is 2.34. The third-order valence-corrected chi connectivity index (χ3v) is 3.59. The normalized spacial score (nSPS) is 12.0. The van der Waals surface area contributed by atoms with Gasteiger partial charge in [-0.15, -0.1) is 0 Å². The standard InChI is InChI=1S/C18H21FN2O3/c1-12(2)17(13-5-7-14(19)8-6-13)21-16(22)9-10-20-18(23)15-4-3-11-24-15/h3-8,11-12,17H,9-10H2,1-2H3,(H,20,23)(H,21,22). The molecule has 128 valence electrons. The SMILES string of the molecule is CC(C)C(NC(=O)CCNC(=O)c1ccco1)c1ccc(F)cc1. The summed E-state index contributed by atoms with van der Waals surface area (Å²) in [5, 5.41) is 5.55. The monoisotopic (exact) mass is 332 g/mol. The lowest BCUT2D eigenvalue weighted by molar-refractivity contribution is -0.122. The van der Waals surface area contributed by atoms with Crippen molar-refractivity contribution in [3.8, 4) is 0 Å². The van der Waals surface area contributed by atoms with Crippen molar-refractivity contribution in [3.63, 3.8) is 0 Å². The molecule has 0 aliphatic heterocycles. The third kappa shape index (κ3) is 4.94. The molecular formula is C18H21FN2O3. The highest BCUT2D eigenvalue weighted by Gasteiger charge is 2.18. The Labute approximate surface area is 140 Å². The van der Waals surface area contributed by atoms with Crippen molar-refractivity contribution in [1.29, 1.82) is 0 Å². The van der Waals surface area contributed by atoms with E-state index < -0.39 is 0 Å². The Bertz CT molecular complexity index is 666. The number of nitrogens with one attached hydrogen (secondary N) is 2. The smallest absolute Gasteiger partial charge is 0.286 e. The van der Waals surface area contributed by atoms with Gasteiger partial charge in [0.25, 0.3) is 5.91 Å². The first kappa shape index (κ1) is 17.7. The van der Waals surface area contributed by atoms with Gasteiger partial charge in [-0.05, 0) is 35.7 Å². The molecule has 1 aromatic heterocycles. The van der Waals surface area contributed by atoms with Crippen LogP contribution in [0.4, 0.5) is 4.39 Å². The maximum Gasteiger partial charge on any atom is 0.286 e. The Morgan fingerprint density at radius 2 is 1.88 bits per heavy atom. The van der Waals surface area contributed by atoms with Crippen molar-refractivity contribution in [3.05, 3.63) is 59.8 Å². The average Bonchev–Trinajstić information content (AvgIpc) is 3.08. The lowest BCUT2D eigenvalue weighted by Crippen LogP contribution is -2.34. The summed E-state index contributed by atoms with van der Waals surface area (Å²) in [5.41, 5.74) is 0.847. The van der Waals surface area contributed by atoms with E-state index in [4.69, 9.17) is 4.42 Å². The van der Waals surface area contributed by atoms with E-state index in [1.165, 1.54) is 18.4 Å². The topological polar surface area (TPSA) is 71.3 Å². The van der Waals surface area contributed by atoms with E-state index in [1.807, 2.05) is 13.8 Å². The summed E-state index contributed by atoms with van der Waals surface area (Å²) in [5.74, 6) is -0.489. The second-order valence-electron chi connectivity index (χ2n) is 5.82. The molecule has 2 amide bonds. The number of rotatable bonds is 7. The summed E-state index contributed by atoms with van der Waals surface area (Å²) in [7, 11) is 0. The molecule has 0 aliphatic carbocycles. The lowest BCUT2D eigenvalue weighted by Gasteiger charge is -2.23. The van der Waals surface area contributed by atoms with Crippen LogP contribution in [0, 0.1) is 11.7 Å². The molecule has 2 N–H and O–H groups in total. The van der Waals surface area contributed by atoms with Crippen LogP contribution in [-0.4, -0.2) is 18.4 Å². The third-order valence-electron chi connectivity index (χ3n) is 3.59. The number of amides is 2. The maximum atomic E-state index is 13.0. The summed E-state index contributed by atoms with van der Waals surface area (Å²) in [6, 6.07) is 9.05. The molecule has 1 atom stereocenters. The minimum Gasteiger partial charge on any atom is -0.459 e. The predicted molar refractivity (Wildman–Crippen MR) is 87.8 cm³/mol. The molecule has 2 rings (SSSR count). The highest BCUT2D eigenvalue weighted by Crippen LogP contribution is 2.21. The Morgan fingerprint density at radius 1 is 1.17 bits per heavy atom. The molecule has 0 fully saturated rings. The van der Waals surface area contributed by atoms with E-state index in [-0.39, 0.29) is 48.3 Å². The Morgan fingerprint density at radius 3 is 2.46 bits per heavy atom. The van der Waals surface area contributed by atoms with Crippen LogP contribution in [0.15, 0.2) is 47.1 Å². The van der Waals surface area contributed by atoms with Crippen LogP contribution >= 0.6 is 0 Å². The molecule has 0 bridgehead atoms. The molecule has 0 radical (unpaired) electrons. The van der Waals surface area contributed by atoms with Gasteiger partial charge in [-0.25, -0.2) is 4.39 Å². The van der Waals surface area contributed by atoms with Crippen molar-refractivity contribution in [2.24, 2.45) is 5.92 Å². The van der Waals surface area contributed by atoms with Crippen LogP contribution in [0.25, 0.3) is 0 Å². The zero-order chi connectivity index (χ0) is 17.5. The first-order valence-electron chi connectivity index (χ1n) is 7.84. The highest BCUT2D eigenvalue weighted by molar-refractivity contribution is 5.91. The second kappa shape index (κ2) is 8.29. The minimum absolute atomic E-state index is 0.150. The molecule has 0 saturated carbocycles. The second-order valence-corrected chi connectivity index (χ2v) is 5.82. The molecule has 0 saturated heterocycles. The lowest BCUT2D eigenvalue weighted by atomic mass is 9.96. The van der Waals surface area contributed by atoms with E-state index in [9.17, 15) is 14.0 Å². The van der Waals surface area contributed by atoms with Crippen LogP contribution in [0.5, 0.6) is 0 Å². The molecule has 1 heterocycles. The van der Waals surface area contributed by atoms with Crippen LogP contribution in [-0.2, 0) is 4.79 Å². The molecule has 0 spiro atoms. The van der Waals surface area contributed by atoms with Crippen molar-refractivity contribution < 1.29 is 18.4 Å². The molecule has 6 heteroatoms. The van der Waals surface area contributed by atoms with Gasteiger partial charge in [0.15, 0.2) is 5.76 Å². The quantitative estimate of drug-likeness (QED) is 0.818. The van der Waals surface area contributed by atoms with E-state index in [2.05, 4.69) is 10.6 Å². The molecule has 24 heavy (non-hydrogen) atoms. The number of benzene rings is 1.